The molecule has 96 valence electrons. The van der Waals surface area contributed by atoms with Crippen molar-refractivity contribution in [3.05, 3.63) is 0 Å². The first-order valence-corrected chi connectivity index (χ1v) is 6.13. The fourth-order valence-corrected chi connectivity index (χ4v) is 2.12. The number of ether oxygens (including phenoxy) is 1. The van der Waals surface area contributed by atoms with E-state index in [9.17, 15) is 10.2 Å². The molecule has 0 amide bonds. The van der Waals surface area contributed by atoms with Crippen molar-refractivity contribution in [3.8, 4) is 0 Å². The van der Waals surface area contributed by atoms with Crippen LogP contribution in [0, 0.1) is 0 Å². The molecule has 1 saturated heterocycles. The summed E-state index contributed by atoms with van der Waals surface area (Å²) in [6.45, 7) is 8.54. The van der Waals surface area contributed by atoms with Crippen LogP contribution in [-0.4, -0.2) is 45.8 Å². The highest BCUT2D eigenvalue weighted by Gasteiger charge is 2.32. The lowest BCUT2D eigenvalue weighted by Crippen LogP contribution is -2.52. The molecule has 0 bridgehead atoms. The monoisotopic (exact) mass is 231 g/mol. The molecule has 1 aliphatic rings. The van der Waals surface area contributed by atoms with Crippen LogP contribution in [0.2, 0.25) is 0 Å². The molecular weight excluding hydrogens is 206 g/mol. The predicted octanol–water partition coefficient (Wildman–Crippen LogP) is 1.31. The van der Waals surface area contributed by atoms with E-state index in [1.54, 1.807) is 0 Å². The van der Waals surface area contributed by atoms with Crippen LogP contribution < -0.4 is 0 Å². The van der Waals surface area contributed by atoms with Gasteiger partial charge in [0, 0.05) is 12.6 Å². The quantitative estimate of drug-likeness (QED) is 0.719. The second-order valence-electron chi connectivity index (χ2n) is 5.53. The molecule has 3 unspecified atom stereocenters. The molecule has 4 nitrogen and oxygen atoms in total. The fourth-order valence-electron chi connectivity index (χ4n) is 2.12. The molecule has 0 aromatic heterocycles. The summed E-state index contributed by atoms with van der Waals surface area (Å²) < 4.78 is 5.54. The normalized spacial score (nSPS) is 30.4. The Kier molecular flexibility index (Phi) is 4.73. The van der Waals surface area contributed by atoms with Crippen molar-refractivity contribution in [1.82, 2.24) is 4.90 Å². The van der Waals surface area contributed by atoms with Gasteiger partial charge in [-0.3, -0.25) is 4.90 Å². The van der Waals surface area contributed by atoms with Gasteiger partial charge in [0.25, 0.3) is 0 Å². The van der Waals surface area contributed by atoms with E-state index >= 15 is 0 Å². The number of aliphatic hydroxyl groups is 2. The predicted molar refractivity (Wildman–Crippen MR) is 62.9 cm³/mol. The van der Waals surface area contributed by atoms with Gasteiger partial charge < -0.3 is 14.9 Å². The zero-order chi connectivity index (χ0) is 12.3. The summed E-state index contributed by atoms with van der Waals surface area (Å²) in [6, 6.07) is 0.209. The largest absolute Gasteiger partial charge is 0.393 e. The molecular formula is C12H25NO3. The first-order valence-electron chi connectivity index (χ1n) is 6.13. The first-order chi connectivity index (χ1) is 7.33. The lowest BCUT2D eigenvalue weighted by Gasteiger charge is -2.41. The van der Waals surface area contributed by atoms with Crippen LogP contribution in [0.4, 0.5) is 0 Å². The Hall–Kier alpha value is -0.160. The highest BCUT2D eigenvalue weighted by Crippen LogP contribution is 2.24. The van der Waals surface area contributed by atoms with Crippen LogP contribution in [0.1, 0.15) is 47.0 Å². The van der Waals surface area contributed by atoms with Crippen LogP contribution in [-0.2, 0) is 4.74 Å². The van der Waals surface area contributed by atoms with E-state index in [2.05, 4.69) is 6.92 Å². The van der Waals surface area contributed by atoms with E-state index in [1.807, 2.05) is 25.7 Å². The summed E-state index contributed by atoms with van der Waals surface area (Å²) in [4.78, 5) is 1.94. The number of hydrogen-bond donors (Lipinski definition) is 2. The summed E-state index contributed by atoms with van der Waals surface area (Å²) in [5, 5.41) is 19.6. The zero-order valence-corrected chi connectivity index (χ0v) is 10.8. The zero-order valence-electron chi connectivity index (χ0n) is 10.8. The molecule has 1 rings (SSSR count). The van der Waals surface area contributed by atoms with Crippen LogP contribution in [0.5, 0.6) is 0 Å². The van der Waals surface area contributed by atoms with Crippen LogP contribution in [0.3, 0.4) is 0 Å². The van der Waals surface area contributed by atoms with Crippen molar-refractivity contribution >= 4 is 0 Å². The van der Waals surface area contributed by atoms with E-state index in [-0.39, 0.29) is 17.7 Å². The summed E-state index contributed by atoms with van der Waals surface area (Å²) in [5.74, 6) is 0. The maximum atomic E-state index is 10.0. The first kappa shape index (κ1) is 13.9. The molecule has 0 radical (unpaired) electrons. The van der Waals surface area contributed by atoms with Crippen molar-refractivity contribution in [2.75, 3.05) is 6.54 Å². The molecule has 1 heterocycles. The second kappa shape index (κ2) is 5.45. The average Bonchev–Trinajstić information content (AvgIpc) is 2.14. The van der Waals surface area contributed by atoms with Crippen LogP contribution in [0.25, 0.3) is 0 Å². The molecule has 0 aromatic carbocycles. The van der Waals surface area contributed by atoms with Crippen molar-refractivity contribution in [2.45, 2.75) is 71.1 Å². The molecule has 2 N–H and O–H groups in total. The maximum Gasteiger partial charge on any atom is 0.216 e. The smallest absolute Gasteiger partial charge is 0.216 e. The Morgan fingerprint density at radius 1 is 1.44 bits per heavy atom. The Morgan fingerprint density at radius 2 is 2.06 bits per heavy atom. The van der Waals surface area contributed by atoms with Gasteiger partial charge in [0.15, 0.2) is 0 Å². The number of aliphatic hydroxyl groups excluding tert-OH is 2. The molecule has 0 spiro atoms. The van der Waals surface area contributed by atoms with E-state index in [0.29, 0.717) is 13.0 Å². The third-order valence-corrected chi connectivity index (χ3v) is 2.95. The standard InChI is InChI=1S/C12H25NO3/c1-5-9-8-10(14)6-7-13(9)11(15)16-12(2,3)4/h9-11,14-15H,5-8H2,1-4H3. The summed E-state index contributed by atoms with van der Waals surface area (Å²) in [7, 11) is 0. The van der Waals surface area contributed by atoms with Gasteiger partial charge in [-0.2, -0.15) is 0 Å². The molecule has 1 aliphatic heterocycles. The summed E-state index contributed by atoms with van der Waals surface area (Å²) >= 11 is 0. The molecule has 4 heteroatoms. The van der Waals surface area contributed by atoms with Gasteiger partial charge in [-0.25, -0.2) is 0 Å². The van der Waals surface area contributed by atoms with E-state index in [4.69, 9.17) is 4.74 Å². The SMILES string of the molecule is CCC1CC(O)CCN1C(O)OC(C)(C)C. The van der Waals surface area contributed by atoms with Crippen LogP contribution >= 0.6 is 0 Å². The Morgan fingerprint density at radius 3 is 2.56 bits per heavy atom. The van der Waals surface area contributed by atoms with Gasteiger partial charge in [0.1, 0.15) is 0 Å². The number of hydrogen-bond acceptors (Lipinski definition) is 4. The Labute approximate surface area is 98.2 Å². The molecule has 0 aromatic rings. The third kappa shape index (κ3) is 4.01. The van der Waals surface area contributed by atoms with Crippen molar-refractivity contribution < 1.29 is 14.9 Å². The van der Waals surface area contributed by atoms with Crippen molar-refractivity contribution in [3.63, 3.8) is 0 Å². The molecule has 3 atom stereocenters. The Bertz CT molecular complexity index is 215. The van der Waals surface area contributed by atoms with Crippen molar-refractivity contribution in [1.29, 1.82) is 0 Å². The summed E-state index contributed by atoms with van der Waals surface area (Å²) in [5.41, 5.74) is -0.353. The highest BCUT2D eigenvalue weighted by atomic mass is 16.6. The van der Waals surface area contributed by atoms with Gasteiger partial charge in [0.05, 0.1) is 11.7 Å². The number of nitrogens with zero attached hydrogens (tertiary/aromatic N) is 1. The Balaban J connectivity index is 2.56. The van der Waals surface area contributed by atoms with Gasteiger partial charge in [-0.15, -0.1) is 0 Å². The third-order valence-electron chi connectivity index (χ3n) is 2.95. The van der Waals surface area contributed by atoms with Crippen LogP contribution in [0.15, 0.2) is 0 Å². The highest BCUT2D eigenvalue weighted by molar-refractivity contribution is 4.80. The number of piperidine rings is 1. The van der Waals surface area contributed by atoms with Gasteiger partial charge >= 0.3 is 0 Å². The molecule has 16 heavy (non-hydrogen) atoms. The van der Waals surface area contributed by atoms with E-state index < -0.39 is 6.41 Å². The molecule has 0 saturated carbocycles. The number of likely N-dealkylation sites (tertiary alicyclic amines) is 1. The second-order valence-corrected chi connectivity index (χ2v) is 5.53. The van der Waals surface area contributed by atoms with Gasteiger partial charge in [-0.1, -0.05) is 6.92 Å². The van der Waals surface area contributed by atoms with E-state index in [1.165, 1.54) is 0 Å². The summed E-state index contributed by atoms with van der Waals surface area (Å²) in [6.07, 6.45) is 1.25. The maximum absolute atomic E-state index is 10.0. The fraction of sp³-hybridized carbons (Fsp3) is 1.00. The van der Waals surface area contributed by atoms with Gasteiger partial charge in [-0.05, 0) is 40.0 Å². The topological polar surface area (TPSA) is 52.9 Å². The minimum absolute atomic E-state index is 0.209. The minimum atomic E-state index is -0.863. The average molecular weight is 231 g/mol. The van der Waals surface area contributed by atoms with E-state index in [0.717, 1.165) is 12.8 Å². The number of rotatable bonds is 3. The molecule has 1 fully saturated rings. The lowest BCUT2D eigenvalue weighted by molar-refractivity contribution is -0.256. The lowest BCUT2D eigenvalue weighted by atomic mass is 9.98. The van der Waals surface area contributed by atoms with Gasteiger partial charge in [0.2, 0.25) is 6.41 Å². The molecule has 0 aliphatic carbocycles. The minimum Gasteiger partial charge on any atom is -0.393 e. The van der Waals surface area contributed by atoms with Crippen molar-refractivity contribution in [2.24, 2.45) is 0 Å².